The van der Waals surface area contributed by atoms with Crippen LogP contribution in [0.2, 0.25) is 0 Å². The highest BCUT2D eigenvalue weighted by atomic mass is 32.2. The summed E-state index contributed by atoms with van der Waals surface area (Å²) in [5.41, 5.74) is 0.594. The molecular formula is C19H21FN2O4S. The van der Waals surface area contributed by atoms with Gasteiger partial charge in [-0.15, -0.1) is 0 Å². The fourth-order valence-electron chi connectivity index (χ4n) is 2.84. The van der Waals surface area contributed by atoms with E-state index in [4.69, 9.17) is 4.74 Å². The van der Waals surface area contributed by atoms with E-state index < -0.39 is 15.8 Å². The Morgan fingerprint density at radius 2 is 1.96 bits per heavy atom. The third-order valence-electron chi connectivity index (χ3n) is 4.33. The van der Waals surface area contributed by atoms with Gasteiger partial charge in [-0.25, -0.2) is 12.8 Å². The van der Waals surface area contributed by atoms with Crippen molar-refractivity contribution in [2.45, 2.75) is 37.2 Å². The second-order valence-corrected chi connectivity index (χ2v) is 8.31. The Labute approximate surface area is 158 Å². The summed E-state index contributed by atoms with van der Waals surface area (Å²) < 4.78 is 47.0. The van der Waals surface area contributed by atoms with Crippen LogP contribution in [-0.4, -0.2) is 31.8 Å². The molecule has 0 heterocycles. The average Bonchev–Trinajstić information content (AvgIpc) is 3.45. The quantitative estimate of drug-likeness (QED) is 0.785. The van der Waals surface area contributed by atoms with E-state index in [0.717, 1.165) is 12.8 Å². The minimum Gasteiger partial charge on any atom is -0.495 e. The van der Waals surface area contributed by atoms with E-state index in [1.54, 1.807) is 18.2 Å². The minimum atomic E-state index is -3.88. The smallest absolute Gasteiger partial charge is 0.243 e. The number of anilines is 1. The molecule has 1 fully saturated rings. The summed E-state index contributed by atoms with van der Waals surface area (Å²) in [6.07, 6.45) is 1.48. The standard InChI is InChI=1S/C19H21FN2O4S/c1-13(23)21-18-11-16(9-10-19(18)26-2)27(24,25)22(15-7-8-15)12-14-5-3-4-6-17(14)20/h3-6,9-11,15H,7-8,12H2,1-2H3,(H,21,23). The molecule has 0 spiro atoms. The first-order chi connectivity index (χ1) is 12.8. The maximum absolute atomic E-state index is 14.0. The highest BCUT2D eigenvalue weighted by Gasteiger charge is 2.38. The van der Waals surface area contributed by atoms with Crippen LogP contribution < -0.4 is 10.1 Å². The van der Waals surface area contributed by atoms with Crippen molar-refractivity contribution in [2.75, 3.05) is 12.4 Å². The topological polar surface area (TPSA) is 75.7 Å². The predicted octanol–water partition coefficient (Wildman–Crippen LogP) is 3.15. The number of ether oxygens (including phenoxy) is 1. The highest BCUT2D eigenvalue weighted by Crippen LogP contribution is 2.36. The van der Waals surface area contributed by atoms with Crippen LogP contribution in [0, 0.1) is 5.82 Å². The molecule has 1 aliphatic carbocycles. The van der Waals surface area contributed by atoms with Gasteiger partial charge in [0.05, 0.1) is 17.7 Å². The van der Waals surface area contributed by atoms with E-state index in [0.29, 0.717) is 11.3 Å². The van der Waals surface area contributed by atoms with Crippen molar-refractivity contribution < 1.29 is 22.3 Å². The summed E-state index contributed by atoms with van der Waals surface area (Å²) in [6.45, 7) is 1.29. The number of amides is 1. The lowest BCUT2D eigenvalue weighted by molar-refractivity contribution is -0.114. The molecule has 1 amide bonds. The van der Waals surface area contributed by atoms with E-state index in [-0.39, 0.29) is 29.1 Å². The van der Waals surface area contributed by atoms with E-state index in [1.165, 1.54) is 42.6 Å². The first-order valence-electron chi connectivity index (χ1n) is 8.54. The first kappa shape index (κ1) is 19.3. The Morgan fingerprint density at radius 3 is 2.56 bits per heavy atom. The van der Waals surface area contributed by atoms with Crippen molar-refractivity contribution in [3.63, 3.8) is 0 Å². The van der Waals surface area contributed by atoms with Gasteiger partial charge in [-0.1, -0.05) is 18.2 Å². The van der Waals surface area contributed by atoms with Gasteiger partial charge in [0.1, 0.15) is 11.6 Å². The normalized spacial score (nSPS) is 14.2. The molecule has 0 unspecified atom stereocenters. The molecule has 3 rings (SSSR count). The molecule has 0 aromatic heterocycles. The summed E-state index contributed by atoms with van der Waals surface area (Å²) in [5, 5.41) is 2.57. The number of sulfonamides is 1. The number of carbonyl (C=O) groups excluding carboxylic acids is 1. The number of nitrogens with zero attached hydrogens (tertiary/aromatic N) is 1. The van der Waals surface area contributed by atoms with Crippen molar-refractivity contribution in [1.82, 2.24) is 4.31 Å². The van der Waals surface area contributed by atoms with Crippen molar-refractivity contribution >= 4 is 21.6 Å². The van der Waals surface area contributed by atoms with Gasteiger partial charge in [-0.05, 0) is 37.1 Å². The summed E-state index contributed by atoms with van der Waals surface area (Å²) >= 11 is 0. The fourth-order valence-corrected chi connectivity index (χ4v) is 4.53. The molecule has 0 radical (unpaired) electrons. The molecule has 1 aliphatic rings. The molecule has 0 saturated heterocycles. The van der Waals surface area contributed by atoms with E-state index >= 15 is 0 Å². The number of rotatable bonds is 7. The van der Waals surface area contributed by atoms with Crippen LogP contribution in [0.3, 0.4) is 0 Å². The Bertz CT molecular complexity index is 958. The lowest BCUT2D eigenvalue weighted by Gasteiger charge is -2.23. The third kappa shape index (κ3) is 4.28. The zero-order valence-electron chi connectivity index (χ0n) is 15.1. The van der Waals surface area contributed by atoms with Crippen molar-refractivity contribution in [1.29, 1.82) is 0 Å². The van der Waals surface area contributed by atoms with E-state index in [9.17, 15) is 17.6 Å². The van der Waals surface area contributed by atoms with Crippen LogP contribution in [0.5, 0.6) is 5.75 Å². The van der Waals surface area contributed by atoms with Crippen LogP contribution in [0.4, 0.5) is 10.1 Å². The minimum absolute atomic E-state index is 0.0234. The lowest BCUT2D eigenvalue weighted by Crippen LogP contribution is -2.33. The molecule has 1 N–H and O–H groups in total. The summed E-state index contributed by atoms with van der Waals surface area (Å²) in [4.78, 5) is 11.4. The number of methoxy groups -OCH3 is 1. The Morgan fingerprint density at radius 1 is 1.26 bits per heavy atom. The highest BCUT2D eigenvalue weighted by molar-refractivity contribution is 7.89. The van der Waals surface area contributed by atoms with Gasteiger partial charge in [0.2, 0.25) is 15.9 Å². The molecule has 27 heavy (non-hydrogen) atoms. The van der Waals surface area contributed by atoms with Gasteiger partial charge in [0.25, 0.3) is 0 Å². The lowest BCUT2D eigenvalue weighted by atomic mass is 10.2. The molecular weight excluding hydrogens is 371 g/mol. The number of halogens is 1. The molecule has 1 saturated carbocycles. The largest absolute Gasteiger partial charge is 0.495 e. The number of nitrogens with one attached hydrogen (secondary N) is 1. The molecule has 8 heteroatoms. The summed E-state index contributed by atoms with van der Waals surface area (Å²) in [7, 11) is -2.44. The number of benzene rings is 2. The number of carbonyl (C=O) groups is 1. The van der Waals surface area contributed by atoms with Crippen molar-refractivity contribution in [2.24, 2.45) is 0 Å². The van der Waals surface area contributed by atoms with Crippen LogP contribution in [0.1, 0.15) is 25.3 Å². The molecule has 2 aromatic carbocycles. The van der Waals surface area contributed by atoms with Gasteiger partial charge < -0.3 is 10.1 Å². The van der Waals surface area contributed by atoms with Gasteiger partial charge in [0, 0.05) is 25.1 Å². The molecule has 0 atom stereocenters. The predicted molar refractivity (Wildman–Crippen MR) is 99.4 cm³/mol. The van der Waals surface area contributed by atoms with Crippen molar-refractivity contribution in [3.05, 3.63) is 53.8 Å². The molecule has 2 aromatic rings. The van der Waals surface area contributed by atoms with Gasteiger partial charge in [0.15, 0.2) is 0 Å². The maximum Gasteiger partial charge on any atom is 0.243 e. The van der Waals surface area contributed by atoms with Gasteiger partial charge in [-0.3, -0.25) is 4.79 Å². The van der Waals surface area contributed by atoms with E-state index in [2.05, 4.69) is 5.32 Å². The Kier molecular flexibility index (Phi) is 5.48. The zero-order valence-corrected chi connectivity index (χ0v) is 15.9. The molecule has 6 nitrogen and oxygen atoms in total. The third-order valence-corrected chi connectivity index (χ3v) is 6.22. The van der Waals surface area contributed by atoms with Crippen LogP contribution >= 0.6 is 0 Å². The fraction of sp³-hybridized carbons (Fsp3) is 0.316. The van der Waals surface area contributed by atoms with Gasteiger partial charge in [-0.2, -0.15) is 4.31 Å². The zero-order chi connectivity index (χ0) is 19.6. The van der Waals surface area contributed by atoms with Gasteiger partial charge >= 0.3 is 0 Å². The van der Waals surface area contributed by atoms with E-state index in [1.807, 2.05) is 0 Å². The second-order valence-electron chi connectivity index (χ2n) is 6.42. The molecule has 0 bridgehead atoms. The number of hydrogen-bond donors (Lipinski definition) is 1. The SMILES string of the molecule is COc1ccc(S(=O)(=O)N(Cc2ccccc2F)C2CC2)cc1NC(C)=O. The molecule has 0 aliphatic heterocycles. The van der Waals surface area contributed by atoms with Crippen molar-refractivity contribution in [3.8, 4) is 5.75 Å². The molecule has 144 valence electrons. The maximum atomic E-state index is 14.0. The Hall–Kier alpha value is -2.45. The van der Waals surface area contributed by atoms with Crippen LogP contribution in [0.25, 0.3) is 0 Å². The first-order valence-corrected chi connectivity index (χ1v) is 9.98. The Balaban J connectivity index is 1.97. The summed E-state index contributed by atoms with van der Waals surface area (Å²) in [5.74, 6) is -0.420. The van der Waals surface area contributed by atoms with Crippen LogP contribution in [-0.2, 0) is 21.4 Å². The average molecular weight is 392 g/mol. The monoisotopic (exact) mass is 392 g/mol. The van der Waals surface area contributed by atoms with Crippen LogP contribution in [0.15, 0.2) is 47.4 Å². The summed E-state index contributed by atoms with van der Waals surface area (Å²) in [6, 6.07) is 10.3. The number of hydrogen-bond acceptors (Lipinski definition) is 4. The second kappa shape index (κ2) is 7.66.